The predicted octanol–water partition coefficient (Wildman–Crippen LogP) is 4.47. The minimum atomic E-state index is -2.15. The predicted molar refractivity (Wildman–Crippen MR) is 163 cm³/mol. The fraction of sp³-hybridized carbons (Fsp3) is 0.471. The lowest BCUT2D eigenvalue weighted by atomic mass is 9.62. The van der Waals surface area contributed by atoms with E-state index in [1.165, 1.54) is 0 Å². The van der Waals surface area contributed by atoms with Gasteiger partial charge in [-0.2, -0.15) is 0 Å². The maximum absolute atomic E-state index is 15.7. The van der Waals surface area contributed by atoms with Crippen molar-refractivity contribution in [1.29, 1.82) is 0 Å². The summed E-state index contributed by atoms with van der Waals surface area (Å²) in [6.07, 6.45) is -1.02. The van der Waals surface area contributed by atoms with Crippen molar-refractivity contribution in [3.05, 3.63) is 59.7 Å². The number of rotatable bonds is 5. The number of hydrogen-bond donors (Lipinski definition) is 2. The molecule has 8 rings (SSSR count). The smallest absolute Gasteiger partial charge is 0.411 e. The lowest BCUT2D eigenvalue weighted by molar-refractivity contribution is -0.177. The maximum Gasteiger partial charge on any atom is 0.411 e. The third-order valence-electron chi connectivity index (χ3n) is 9.34. The first-order valence-corrected chi connectivity index (χ1v) is 15.5. The Hall–Kier alpha value is -4.88. The number of carbonyl (C=O) groups is 6. The van der Waals surface area contributed by atoms with E-state index in [1.807, 2.05) is 0 Å². The van der Waals surface area contributed by atoms with Crippen molar-refractivity contribution in [2.45, 2.75) is 82.1 Å². The van der Waals surface area contributed by atoms with Gasteiger partial charge in [0.1, 0.15) is 17.2 Å². The first-order chi connectivity index (χ1) is 22.5. The molecule has 0 radical (unpaired) electrons. The Bertz CT molecular complexity index is 1660. The van der Waals surface area contributed by atoms with Crippen LogP contribution in [-0.4, -0.2) is 92.1 Å². The number of carboxylic acids is 1. The van der Waals surface area contributed by atoms with Crippen molar-refractivity contribution in [3.8, 4) is 11.1 Å². The number of hydrogen-bond acceptors (Lipinski definition) is 8. The number of carbonyl (C=O) groups excluding carboxylic acids is 4. The van der Waals surface area contributed by atoms with Crippen LogP contribution in [0.2, 0.25) is 0 Å². The van der Waals surface area contributed by atoms with Gasteiger partial charge in [0.2, 0.25) is 5.54 Å². The third-order valence-corrected chi connectivity index (χ3v) is 9.34. The second-order valence-corrected chi connectivity index (χ2v) is 13.5. The Balaban J connectivity index is 0.000000267. The Morgan fingerprint density at radius 3 is 2.06 bits per heavy atom. The molecular weight excluding hydrogens is 634 g/mol. The summed E-state index contributed by atoms with van der Waals surface area (Å²) in [6.45, 7) is 5.00. The molecule has 2 unspecified atom stereocenters. The molecule has 256 valence electrons. The molecule has 6 aliphatic rings. The summed E-state index contributed by atoms with van der Waals surface area (Å²) in [5.74, 6) is -5.58. The summed E-state index contributed by atoms with van der Waals surface area (Å²) in [7, 11) is 1.10. The van der Waals surface area contributed by atoms with Crippen LogP contribution in [0.4, 0.5) is 18.4 Å². The van der Waals surface area contributed by atoms with Gasteiger partial charge in [0, 0.05) is 35.9 Å². The lowest BCUT2D eigenvalue weighted by Crippen LogP contribution is -2.76. The van der Waals surface area contributed by atoms with E-state index in [2.05, 4.69) is 0 Å². The number of amides is 2. The van der Waals surface area contributed by atoms with Gasteiger partial charge in [-0.25, -0.2) is 28.0 Å². The molecule has 6 fully saturated rings. The molecule has 2 saturated carbocycles. The van der Waals surface area contributed by atoms with Gasteiger partial charge in [-0.3, -0.25) is 19.4 Å². The number of carboxylic acid groups (broad SMARTS) is 2. The summed E-state index contributed by atoms with van der Waals surface area (Å²) in [4.78, 5) is 74.8. The van der Waals surface area contributed by atoms with Crippen molar-refractivity contribution >= 4 is 35.7 Å². The molecule has 0 aromatic heterocycles. The number of esters is 1. The number of Topliss-reactive ketones (excluding diaryl/α,β-unsaturated/α-hetero) is 2. The molecule has 2 atom stereocenters. The number of benzene rings is 2. The van der Waals surface area contributed by atoms with Gasteiger partial charge in [0.15, 0.2) is 17.6 Å². The van der Waals surface area contributed by atoms with Crippen LogP contribution in [0.5, 0.6) is 0 Å². The molecule has 2 aromatic rings. The van der Waals surface area contributed by atoms with Gasteiger partial charge in [0.25, 0.3) is 0 Å². The van der Waals surface area contributed by atoms with Gasteiger partial charge < -0.3 is 19.7 Å². The van der Waals surface area contributed by atoms with Gasteiger partial charge in [-0.05, 0) is 69.7 Å². The zero-order valence-corrected chi connectivity index (χ0v) is 26.8. The fourth-order valence-corrected chi connectivity index (χ4v) is 7.01. The zero-order chi connectivity index (χ0) is 35.3. The molecule has 14 heteroatoms. The maximum atomic E-state index is 15.7. The monoisotopic (exact) mass is 670 g/mol. The second-order valence-electron chi connectivity index (χ2n) is 13.5. The van der Waals surface area contributed by atoms with Crippen LogP contribution in [0, 0.1) is 23.5 Å². The highest BCUT2D eigenvalue weighted by Crippen LogP contribution is 2.48. The lowest BCUT2D eigenvalue weighted by Gasteiger charge is -2.56. The molecule has 2 aliphatic carbocycles. The molecular formula is C34H36F2N2O10. The van der Waals surface area contributed by atoms with E-state index in [0.717, 1.165) is 29.0 Å². The molecule has 2 aromatic carbocycles. The Labute approximate surface area is 274 Å². The molecule has 2 amide bonds. The third kappa shape index (κ3) is 5.99. The van der Waals surface area contributed by atoms with Crippen LogP contribution in [-0.2, 0) is 35.1 Å². The van der Waals surface area contributed by atoms with Crippen LogP contribution >= 0.6 is 0 Å². The van der Waals surface area contributed by atoms with Gasteiger partial charge in [-0.15, -0.1) is 0 Å². The largest absolute Gasteiger partial charge is 0.479 e. The minimum Gasteiger partial charge on any atom is -0.479 e. The van der Waals surface area contributed by atoms with Gasteiger partial charge in [-0.1, -0.05) is 30.3 Å². The van der Waals surface area contributed by atoms with E-state index in [0.29, 0.717) is 31.2 Å². The van der Waals surface area contributed by atoms with E-state index >= 15 is 4.39 Å². The Morgan fingerprint density at radius 2 is 1.54 bits per heavy atom. The highest BCUT2D eigenvalue weighted by atomic mass is 19.1. The van der Waals surface area contributed by atoms with Crippen molar-refractivity contribution < 1.29 is 57.2 Å². The molecule has 0 spiro atoms. The van der Waals surface area contributed by atoms with E-state index in [9.17, 15) is 33.2 Å². The molecule has 12 nitrogen and oxygen atoms in total. The number of ketones is 2. The molecule has 4 aliphatic heterocycles. The van der Waals surface area contributed by atoms with E-state index in [4.69, 9.17) is 19.7 Å². The second kappa shape index (κ2) is 12.6. The van der Waals surface area contributed by atoms with Gasteiger partial charge >= 0.3 is 24.1 Å². The van der Waals surface area contributed by atoms with Crippen LogP contribution < -0.4 is 0 Å². The quantitative estimate of drug-likeness (QED) is 0.342. The molecule has 2 N–H and O–H groups in total. The standard InChI is InChI=1S/C26H27F2NO5.C8H9NO5/c1-25(2,3)34-24(32)29-19-11-16(12-19)22(30)26(29,23(31)33-4)14-17-10-18(27)13-20(21(17)28)15-8-6-5-7-9-15;10-6-3-1-4(2-3)9(8(13)14)5(6)7(11)12/h5-10,13,16,19H,11-12,14H2,1-4H3;3-5H,1-2H2,(H,11,12)(H,13,14). The summed E-state index contributed by atoms with van der Waals surface area (Å²) >= 11 is 0. The van der Waals surface area contributed by atoms with E-state index < -0.39 is 82.9 Å². The number of ether oxygens (including phenoxy) is 2. The number of nitrogens with zero attached hydrogens (tertiary/aromatic N) is 2. The number of fused-ring (bicyclic) bond motifs is 4. The minimum absolute atomic E-state index is 0.00662. The highest BCUT2D eigenvalue weighted by Gasteiger charge is 2.66. The van der Waals surface area contributed by atoms with E-state index in [-0.39, 0.29) is 23.1 Å². The summed E-state index contributed by atoms with van der Waals surface area (Å²) < 4.78 is 40.8. The Kier molecular flexibility index (Phi) is 9.06. The van der Waals surface area contributed by atoms with Crippen LogP contribution in [0.15, 0.2) is 42.5 Å². The molecule has 4 bridgehead atoms. The van der Waals surface area contributed by atoms with Crippen LogP contribution in [0.25, 0.3) is 11.1 Å². The number of aliphatic carboxylic acids is 1. The number of halogens is 2. The average molecular weight is 671 g/mol. The number of piperidine rings is 4. The van der Waals surface area contributed by atoms with Crippen molar-refractivity contribution in [1.82, 2.24) is 9.80 Å². The number of methoxy groups -OCH3 is 1. The van der Waals surface area contributed by atoms with Crippen molar-refractivity contribution in [3.63, 3.8) is 0 Å². The normalized spacial score (nSPS) is 27.1. The van der Waals surface area contributed by atoms with Crippen LogP contribution in [0.3, 0.4) is 0 Å². The molecule has 4 heterocycles. The Morgan fingerprint density at radius 1 is 0.938 bits per heavy atom. The average Bonchev–Trinajstić information content (AvgIpc) is 2.97. The first-order valence-electron chi connectivity index (χ1n) is 15.5. The van der Waals surface area contributed by atoms with E-state index in [1.54, 1.807) is 51.1 Å². The van der Waals surface area contributed by atoms with Crippen molar-refractivity contribution in [2.75, 3.05) is 7.11 Å². The van der Waals surface area contributed by atoms with Gasteiger partial charge in [0.05, 0.1) is 7.11 Å². The SMILES string of the molecule is COC(=O)C1(Cc2cc(F)cc(-c3ccccc3)c2F)C(=O)C2CC(C2)N1C(=O)OC(C)(C)C.O=C(O)C1C(=O)C2CC(C2)N1C(=O)O. The summed E-state index contributed by atoms with van der Waals surface area (Å²) in [5, 5.41) is 17.5. The molecule has 48 heavy (non-hydrogen) atoms. The topological polar surface area (TPSA) is 168 Å². The fourth-order valence-electron chi connectivity index (χ4n) is 7.01. The molecule has 4 saturated heterocycles. The zero-order valence-electron chi connectivity index (χ0n) is 26.8. The summed E-state index contributed by atoms with van der Waals surface area (Å²) in [5.41, 5.74) is -2.81. The van der Waals surface area contributed by atoms with Crippen LogP contribution in [0.1, 0.15) is 52.0 Å². The first kappa shape index (κ1) is 34.5. The van der Waals surface area contributed by atoms with Crippen molar-refractivity contribution in [2.24, 2.45) is 11.8 Å². The summed E-state index contributed by atoms with van der Waals surface area (Å²) in [6, 6.07) is 8.20. The highest BCUT2D eigenvalue weighted by molar-refractivity contribution is 6.13.